The molecule has 0 fully saturated rings. The number of aromatic nitrogens is 2. The number of aromatic amines is 1. The van der Waals surface area contributed by atoms with Gasteiger partial charge in [0.05, 0.1) is 32.1 Å². The first-order valence-electron chi connectivity index (χ1n) is 5.65. The number of hydrogen-bond donors (Lipinski definition) is 2. The number of carbonyl (C=O) groups is 1. The fourth-order valence-corrected chi connectivity index (χ4v) is 1.61. The topological polar surface area (TPSA) is 67.0 Å². The van der Waals surface area contributed by atoms with Crippen molar-refractivity contribution in [2.24, 2.45) is 0 Å². The predicted octanol–water partition coefficient (Wildman–Crippen LogP) is 1.28. The Morgan fingerprint density at radius 2 is 2.39 bits per heavy atom. The number of nitrogens with one attached hydrogen (secondary N) is 2. The highest BCUT2D eigenvalue weighted by Gasteiger charge is 2.04. The number of rotatable bonds is 5. The van der Waals surface area contributed by atoms with Crippen LogP contribution in [0.2, 0.25) is 0 Å². The van der Waals surface area contributed by atoms with Gasteiger partial charge in [-0.15, -0.1) is 0 Å². The van der Waals surface area contributed by atoms with Crippen molar-refractivity contribution in [3.8, 4) is 5.75 Å². The molecular formula is C13H15N3O2. The molecule has 0 saturated carbocycles. The maximum absolute atomic E-state index is 11.7. The maximum Gasteiger partial charge on any atom is 0.224 e. The first-order chi connectivity index (χ1) is 8.78. The van der Waals surface area contributed by atoms with E-state index < -0.39 is 0 Å². The van der Waals surface area contributed by atoms with Crippen LogP contribution < -0.4 is 10.1 Å². The highest BCUT2D eigenvalue weighted by Crippen LogP contribution is 2.12. The van der Waals surface area contributed by atoms with Gasteiger partial charge >= 0.3 is 0 Å². The molecule has 0 aliphatic rings. The van der Waals surface area contributed by atoms with Crippen LogP contribution in [0.25, 0.3) is 0 Å². The molecule has 18 heavy (non-hydrogen) atoms. The highest BCUT2D eigenvalue weighted by molar-refractivity contribution is 5.78. The lowest BCUT2D eigenvalue weighted by atomic mass is 10.1. The Balaban J connectivity index is 1.86. The van der Waals surface area contributed by atoms with Crippen LogP contribution in [0.3, 0.4) is 0 Å². The van der Waals surface area contributed by atoms with Crippen LogP contribution in [0.1, 0.15) is 11.3 Å². The zero-order chi connectivity index (χ0) is 12.8. The average Bonchev–Trinajstić information content (AvgIpc) is 2.90. The average molecular weight is 245 g/mol. The molecule has 5 nitrogen and oxygen atoms in total. The van der Waals surface area contributed by atoms with Crippen molar-refractivity contribution in [1.29, 1.82) is 0 Å². The summed E-state index contributed by atoms with van der Waals surface area (Å²) in [6.07, 6.45) is 3.61. The van der Waals surface area contributed by atoms with Crippen molar-refractivity contribution < 1.29 is 9.53 Å². The summed E-state index contributed by atoms with van der Waals surface area (Å²) in [4.78, 5) is 18.5. The summed E-state index contributed by atoms with van der Waals surface area (Å²) in [7, 11) is 1.61. The third kappa shape index (κ3) is 3.35. The second kappa shape index (κ2) is 5.86. The van der Waals surface area contributed by atoms with Gasteiger partial charge < -0.3 is 15.0 Å². The van der Waals surface area contributed by atoms with Gasteiger partial charge in [-0.25, -0.2) is 4.98 Å². The highest BCUT2D eigenvalue weighted by atomic mass is 16.5. The third-order valence-electron chi connectivity index (χ3n) is 2.53. The minimum absolute atomic E-state index is 0.0298. The van der Waals surface area contributed by atoms with Gasteiger partial charge in [-0.2, -0.15) is 0 Å². The van der Waals surface area contributed by atoms with Crippen molar-refractivity contribution in [3.05, 3.63) is 48.0 Å². The molecule has 0 saturated heterocycles. The lowest BCUT2D eigenvalue weighted by molar-refractivity contribution is -0.120. The van der Waals surface area contributed by atoms with Gasteiger partial charge in [0, 0.05) is 6.20 Å². The summed E-state index contributed by atoms with van der Waals surface area (Å²) in [5, 5.41) is 2.82. The SMILES string of the molecule is COc1cccc(CC(=O)NCc2cnc[nH]2)c1. The molecule has 5 heteroatoms. The third-order valence-corrected chi connectivity index (χ3v) is 2.53. The van der Waals surface area contributed by atoms with Crippen molar-refractivity contribution in [2.45, 2.75) is 13.0 Å². The molecule has 0 unspecified atom stereocenters. The Hall–Kier alpha value is -2.30. The second-order valence-corrected chi connectivity index (χ2v) is 3.88. The van der Waals surface area contributed by atoms with Crippen molar-refractivity contribution >= 4 is 5.91 Å². The van der Waals surface area contributed by atoms with Gasteiger partial charge in [-0.1, -0.05) is 12.1 Å². The van der Waals surface area contributed by atoms with Crippen molar-refractivity contribution in [1.82, 2.24) is 15.3 Å². The van der Waals surface area contributed by atoms with Crippen LogP contribution in [-0.4, -0.2) is 23.0 Å². The van der Waals surface area contributed by atoms with E-state index >= 15 is 0 Å². The molecule has 0 spiro atoms. The molecule has 2 aromatic rings. The first kappa shape index (κ1) is 12.2. The summed E-state index contributed by atoms with van der Waals surface area (Å²) in [6, 6.07) is 7.48. The fourth-order valence-electron chi connectivity index (χ4n) is 1.61. The molecule has 0 aliphatic heterocycles. The molecule has 0 aliphatic carbocycles. The van der Waals surface area contributed by atoms with Gasteiger partial charge in [0.15, 0.2) is 0 Å². The molecular weight excluding hydrogens is 230 g/mol. The van der Waals surface area contributed by atoms with Crippen molar-refractivity contribution in [3.63, 3.8) is 0 Å². The smallest absolute Gasteiger partial charge is 0.224 e. The van der Waals surface area contributed by atoms with Crippen LogP contribution in [0.5, 0.6) is 5.75 Å². The van der Waals surface area contributed by atoms with E-state index in [2.05, 4.69) is 15.3 Å². The van der Waals surface area contributed by atoms with Gasteiger partial charge in [-0.3, -0.25) is 4.79 Å². The normalized spacial score (nSPS) is 10.1. The molecule has 1 heterocycles. The Bertz CT molecular complexity index is 509. The summed E-state index contributed by atoms with van der Waals surface area (Å²) >= 11 is 0. The molecule has 0 atom stereocenters. The number of hydrogen-bond acceptors (Lipinski definition) is 3. The Kier molecular flexibility index (Phi) is 3.96. The lowest BCUT2D eigenvalue weighted by Gasteiger charge is -2.05. The molecule has 1 aromatic heterocycles. The summed E-state index contributed by atoms with van der Waals surface area (Å²) in [5.74, 6) is 0.728. The number of amides is 1. The van der Waals surface area contributed by atoms with Gasteiger partial charge in [0.25, 0.3) is 0 Å². The molecule has 2 rings (SSSR count). The van der Waals surface area contributed by atoms with E-state index in [1.54, 1.807) is 19.6 Å². The lowest BCUT2D eigenvalue weighted by Crippen LogP contribution is -2.24. The summed E-state index contributed by atoms with van der Waals surface area (Å²) in [6.45, 7) is 0.461. The standard InChI is InChI=1S/C13H15N3O2/c1-18-12-4-2-3-10(5-12)6-13(17)15-8-11-7-14-9-16-11/h2-5,7,9H,6,8H2,1H3,(H,14,16)(H,15,17). The van der Waals surface area contributed by atoms with Gasteiger partial charge in [-0.05, 0) is 17.7 Å². The van der Waals surface area contributed by atoms with Crippen LogP contribution in [0.15, 0.2) is 36.8 Å². The molecule has 0 radical (unpaired) electrons. The van der Waals surface area contributed by atoms with Gasteiger partial charge in [0.2, 0.25) is 5.91 Å². The molecule has 2 N–H and O–H groups in total. The molecule has 94 valence electrons. The van der Waals surface area contributed by atoms with Crippen LogP contribution in [0.4, 0.5) is 0 Å². The number of benzene rings is 1. The van der Waals surface area contributed by atoms with E-state index in [0.717, 1.165) is 17.0 Å². The number of nitrogens with zero attached hydrogens (tertiary/aromatic N) is 1. The van der Waals surface area contributed by atoms with Crippen LogP contribution >= 0.6 is 0 Å². The minimum Gasteiger partial charge on any atom is -0.497 e. The summed E-state index contributed by atoms with van der Waals surface area (Å²) in [5.41, 5.74) is 1.81. The number of imidazole rings is 1. The van der Waals surface area contributed by atoms with E-state index in [9.17, 15) is 4.79 Å². The fraction of sp³-hybridized carbons (Fsp3) is 0.231. The quantitative estimate of drug-likeness (QED) is 0.833. The first-order valence-corrected chi connectivity index (χ1v) is 5.65. The molecule has 0 bridgehead atoms. The van der Waals surface area contributed by atoms with E-state index in [-0.39, 0.29) is 5.91 Å². The molecule has 1 amide bonds. The van der Waals surface area contributed by atoms with Crippen LogP contribution in [-0.2, 0) is 17.8 Å². The van der Waals surface area contributed by atoms with E-state index in [1.807, 2.05) is 24.3 Å². The Labute approximate surface area is 105 Å². The monoisotopic (exact) mass is 245 g/mol. The largest absolute Gasteiger partial charge is 0.497 e. The van der Waals surface area contributed by atoms with Crippen LogP contribution in [0, 0.1) is 0 Å². The predicted molar refractivity (Wildman–Crippen MR) is 67.1 cm³/mol. The Morgan fingerprint density at radius 3 is 3.11 bits per heavy atom. The second-order valence-electron chi connectivity index (χ2n) is 3.88. The maximum atomic E-state index is 11.7. The number of methoxy groups -OCH3 is 1. The number of ether oxygens (including phenoxy) is 1. The zero-order valence-corrected chi connectivity index (χ0v) is 10.1. The molecule has 1 aromatic carbocycles. The number of carbonyl (C=O) groups excluding carboxylic acids is 1. The van der Waals surface area contributed by atoms with E-state index in [4.69, 9.17) is 4.74 Å². The zero-order valence-electron chi connectivity index (χ0n) is 10.1. The van der Waals surface area contributed by atoms with E-state index in [1.165, 1.54) is 0 Å². The Morgan fingerprint density at radius 1 is 1.50 bits per heavy atom. The minimum atomic E-state index is -0.0298. The van der Waals surface area contributed by atoms with E-state index in [0.29, 0.717) is 13.0 Å². The summed E-state index contributed by atoms with van der Waals surface area (Å²) < 4.78 is 5.11. The van der Waals surface area contributed by atoms with Crippen molar-refractivity contribution in [2.75, 3.05) is 7.11 Å². The van der Waals surface area contributed by atoms with Gasteiger partial charge in [0.1, 0.15) is 5.75 Å². The number of H-pyrrole nitrogens is 1.